The van der Waals surface area contributed by atoms with Gasteiger partial charge in [-0.05, 0) is 54.4 Å². The normalized spacial score (nSPS) is 10.9. The third kappa shape index (κ3) is 4.34. The Morgan fingerprint density at radius 3 is 2.57 bits per heavy atom. The third-order valence-corrected chi connectivity index (χ3v) is 4.71. The summed E-state index contributed by atoms with van der Waals surface area (Å²) in [5.74, 6) is 0.954. The van der Waals surface area contributed by atoms with Crippen LogP contribution in [0.5, 0.6) is 5.75 Å². The van der Waals surface area contributed by atoms with Crippen molar-refractivity contribution in [2.45, 2.75) is 13.5 Å². The molecule has 2 aromatic carbocycles. The first-order valence-corrected chi connectivity index (χ1v) is 9.70. The molecule has 0 unspecified atom stereocenters. The minimum absolute atomic E-state index is 0.0822. The van der Waals surface area contributed by atoms with E-state index >= 15 is 0 Å². The van der Waals surface area contributed by atoms with E-state index < -0.39 is 5.97 Å². The van der Waals surface area contributed by atoms with Gasteiger partial charge in [-0.2, -0.15) is 0 Å². The average molecular weight is 401 g/mol. The fourth-order valence-corrected chi connectivity index (χ4v) is 3.26. The van der Waals surface area contributed by atoms with Crippen molar-refractivity contribution >= 4 is 17.4 Å². The van der Waals surface area contributed by atoms with Crippen molar-refractivity contribution in [2.75, 3.05) is 19.0 Å². The Morgan fingerprint density at radius 1 is 1.07 bits per heavy atom. The number of hydrogen-bond acceptors (Lipinski definition) is 5. The molecule has 0 aliphatic rings. The number of carbonyl (C=O) groups is 1. The average Bonchev–Trinajstić information content (AvgIpc) is 3.11. The molecule has 0 fully saturated rings. The van der Waals surface area contributed by atoms with Gasteiger partial charge in [0.25, 0.3) is 0 Å². The quantitative estimate of drug-likeness (QED) is 0.366. The van der Waals surface area contributed by atoms with E-state index in [0.717, 1.165) is 28.3 Å². The van der Waals surface area contributed by atoms with Crippen LogP contribution in [0.25, 0.3) is 16.9 Å². The summed E-state index contributed by atoms with van der Waals surface area (Å²) >= 11 is 0. The second-order valence-corrected chi connectivity index (χ2v) is 7.01. The molecule has 0 saturated heterocycles. The number of hydrogen-bond donors (Lipinski definition) is 1. The lowest BCUT2D eigenvalue weighted by atomic mass is 10.1. The van der Waals surface area contributed by atoms with Crippen LogP contribution in [-0.2, 0) is 16.1 Å². The van der Waals surface area contributed by atoms with Crippen molar-refractivity contribution in [3.05, 3.63) is 84.1 Å². The van der Waals surface area contributed by atoms with Crippen LogP contribution < -0.4 is 10.1 Å². The highest BCUT2D eigenvalue weighted by molar-refractivity contribution is 5.78. The van der Waals surface area contributed by atoms with E-state index in [1.807, 2.05) is 36.5 Å². The van der Waals surface area contributed by atoms with Gasteiger partial charge in [0.2, 0.25) is 0 Å². The molecule has 4 rings (SSSR count). The van der Waals surface area contributed by atoms with E-state index in [1.165, 1.54) is 12.7 Å². The number of ether oxygens (including phenoxy) is 2. The van der Waals surface area contributed by atoms with Gasteiger partial charge in [-0.25, -0.2) is 9.78 Å². The second-order valence-electron chi connectivity index (χ2n) is 7.01. The molecule has 0 atom stereocenters. The van der Waals surface area contributed by atoms with Crippen LogP contribution in [0.3, 0.4) is 0 Å². The molecule has 30 heavy (non-hydrogen) atoms. The van der Waals surface area contributed by atoms with Gasteiger partial charge in [-0.15, -0.1) is 0 Å². The topological polar surface area (TPSA) is 64.9 Å². The fraction of sp³-hybridized carbons (Fsp3) is 0.167. The smallest absolute Gasteiger partial charge is 0.337 e. The summed E-state index contributed by atoms with van der Waals surface area (Å²) in [6.07, 6.45) is 2.02. The zero-order chi connectivity index (χ0) is 20.9. The molecule has 2 heterocycles. The van der Waals surface area contributed by atoms with Crippen LogP contribution >= 0.6 is 0 Å². The van der Waals surface area contributed by atoms with Gasteiger partial charge in [0.1, 0.15) is 29.5 Å². The van der Waals surface area contributed by atoms with Crippen LogP contribution in [0.2, 0.25) is 0 Å². The second kappa shape index (κ2) is 8.80. The molecule has 1 N–H and O–H groups in total. The van der Waals surface area contributed by atoms with Gasteiger partial charge in [-0.3, -0.25) is 4.40 Å². The summed E-state index contributed by atoms with van der Waals surface area (Å²) in [7, 11) is 1.46. The molecule has 0 spiro atoms. The fourth-order valence-electron chi connectivity index (χ4n) is 3.26. The molecular formula is C24H23N3O3. The van der Waals surface area contributed by atoms with Gasteiger partial charge in [-0.1, -0.05) is 30.3 Å². The zero-order valence-electron chi connectivity index (χ0n) is 17.0. The van der Waals surface area contributed by atoms with E-state index in [0.29, 0.717) is 12.3 Å². The Kier molecular flexibility index (Phi) is 5.77. The summed E-state index contributed by atoms with van der Waals surface area (Å²) < 4.78 is 12.1. The van der Waals surface area contributed by atoms with Crippen molar-refractivity contribution in [3.8, 4) is 17.0 Å². The monoisotopic (exact) mass is 401 g/mol. The maximum absolute atomic E-state index is 11.6. The van der Waals surface area contributed by atoms with E-state index in [2.05, 4.69) is 40.9 Å². The summed E-state index contributed by atoms with van der Waals surface area (Å²) in [5.41, 5.74) is 4.97. The molecule has 0 bridgehead atoms. The highest BCUT2D eigenvalue weighted by atomic mass is 16.6. The van der Waals surface area contributed by atoms with Gasteiger partial charge in [0.05, 0.1) is 0 Å². The number of rotatable bonds is 7. The molecule has 0 amide bonds. The van der Waals surface area contributed by atoms with E-state index in [1.54, 1.807) is 12.1 Å². The molecule has 2 aromatic heterocycles. The van der Waals surface area contributed by atoms with Crippen LogP contribution in [-0.4, -0.2) is 29.1 Å². The van der Waals surface area contributed by atoms with Crippen LogP contribution in [0, 0.1) is 6.92 Å². The lowest BCUT2D eigenvalue weighted by Gasteiger charge is -2.10. The number of esters is 1. The maximum atomic E-state index is 11.6. The van der Waals surface area contributed by atoms with Crippen LogP contribution in [0.15, 0.2) is 72.9 Å². The number of carbonyl (C=O) groups excluding carboxylic acids is 1. The van der Waals surface area contributed by atoms with Crippen molar-refractivity contribution < 1.29 is 14.3 Å². The van der Waals surface area contributed by atoms with Crippen molar-refractivity contribution in [2.24, 2.45) is 0 Å². The number of imidazole rings is 1. The zero-order valence-corrected chi connectivity index (χ0v) is 17.0. The molecule has 0 radical (unpaired) electrons. The summed E-state index contributed by atoms with van der Waals surface area (Å²) in [6.45, 7) is 2.65. The highest BCUT2D eigenvalue weighted by Crippen LogP contribution is 2.30. The predicted molar refractivity (Wildman–Crippen MR) is 117 cm³/mol. The Labute approximate surface area is 175 Å². The molecule has 0 aliphatic heterocycles. The summed E-state index contributed by atoms with van der Waals surface area (Å²) in [4.78, 5) is 16.5. The molecule has 6 nitrogen and oxygen atoms in total. The van der Waals surface area contributed by atoms with Crippen molar-refractivity contribution in [3.63, 3.8) is 0 Å². The molecule has 4 aromatic rings. The Bertz CT molecular complexity index is 1150. The molecule has 0 aliphatic carbocycles. The number of nitrogens with zero attached hydrogens (tertiary/aromatic N) is 2. The first-order valence-electron chi connectivity index (χ1n) is 9.70. The number of aryl methyl sites for hydroxylation is 1. The largest absolute Gasteiger partial charge is 0.425 e. The maximum Gasteiger partial charge on any atom is 0.337 e. The number of methoxy groups -OCH3 is 1. The van der Waals surface area contributed by atoms with Gasteiger partial charge in [0.15, 0.2) is 0 Å². The molecule has 152 valence electrons. The number of fused-ring (bicyclic) bond motifs is 1. The first kappa shape index (κ1) is 19.7. The van der Waals surface area contributed by atoms with Crippen molar-refractivity contribution in [1.29, 1.82) is 0 Å². The van der Waals surface area contributed by atoms with E-state index in [9.17, 15) is 4.79 Å². The lowest BCUT2D eigenvalue weighted by Crippen LogP contribution is -2.13. The summed E-state index contributed by atoms with van der Waals surface area (Å²) in [5, 5.41) is 3.53. The van der Waals surface area contributed by atoms with Gasteiger partial charge < -0.3 is 14.8 Å². The SMILES string of the molecule is COCC(=O)Oc1ccc(-c2nc3cc(C)ccn3c2NCc2ccccc2)cc1. The van der Waals surface area contributed by atoms with Crippen molar-refractivity contribution in [1.82, 2.24) is 9.38 Å². The third-order valence-electron chi connectivity index (χ3n) is 4.71. The van der Waals surface area contributed by atoms with Gasteiger partial charge >= 0.3 is 5.97 Å². The first-order chi connectivity index (χ1) is 14.6. The molecular weight excluding hydrogens is 378 g/mol. The predicted octanol–water partition coefficient (Wildman–Crippen LogP) is 4.47. The number of pyridine rings is 1. The van der Waals surface area contributed by atoms with E-state index in [-0.39, 0.29) is 6.61 Å². The number of nitrogens with one attached hydrogen (secondary N) is 1. The summed E-state index contributed by atoms with van der Waals surface area (Å²) in [6, 6.07) is 21.7. The number of anilines is 1. The standard InChI is InChI=1S/C24H23N3O3/c1-17-12-13-27-21(14-17)26-23(24(27)25-15-18-6-4-3-5-7-18)19-8-10-20(11-9-19)30-22(28)16-29-2/h3-14,25H,15-16H2,1-2H3. The van der Waals surface area contributed by atoms with E-state index in [4.69, 9.17) is 14.5 Å². The molecule has 0 saturated carbocycles. The van der Waals surface area contributed by atoms with Gasteiger partial charge in [0, 0.05) is 25.4 Å². The number of benzene rings is 2. The Balaban J connectivity index is 1.66. The highest BCUT2D eigenvalue weighted by Gasteiger charge is 2.15. The Hall–Kier alpha value is -3.64. The Morgan fingerprint density at radius 2 is 1.83 bits per heavy atom. The minimum atomic E-state index is -0.432. The van der Waals surface area contributed by atoms with Crippen LogP contribution in [0.1, 0.15) is 11.1 Å². The lowest BCUT2D eigenvalue weighted by molar-refractivity contribution is -0.138. The minimum Gasteiger partial charge on any atom is -0.425 e. The molecule has 6 heteroatoms. The van der Waals surface area contributed by atoms with Crippen LogP contribution in [0.4, 0.5) is 5.82 Å². The number of aromatic nitrogens is 2.